The molecule has 0 fully saturated rings. The first-order chi connectivity index (χ1) is 9.97. The molecule has 114 valence electrons. The predicted octanol–water partition coefficient (Wildman–Crippen LogP) is 3.42. The van der Waals surface area contributed by atoms with E-state index >= 15 is 0 Å². The maximum atomic E-state index is 6.21. The number of hydrogen-bond acceptors (Lipinski definition) is 4. The van der Waals surface area contributed by atoms with E-state index in [1.807, 2.05) is 18.5 Å². The number of aromatic nitrogens is 3. The van der Waals surface area contributed by atoms with E-state index in [4.69, 9.17) is 29.0 Å². The van der Waals surface area contributed by atoms with Crippen LogP contribution in [0, 0.1) is 6.92 Å². The maximum Gasteiger partial charge on any atom is 0.0777 e. The van der Waals surface area contributed by atoms with Crippen molar-refractivity contribution in [1.29, 1.82) is 0 Å². The van der Waals surface area contributed by atoms with Crippen molar-refractivity contribution in [3.8, 4) is 0 Å². The normalized spacial score (nSPS) is 12.7. The molecule has 1 atom stereocenters. The van der Waals surface area contributed by atoms with Gasteiger partial charge in [0.25, 0.3) is 0 Å². The third-order valence-electron chi connectivity index (χ3n) is 3.22. The zero-order valence-corrected chi connectivity index (χ0v) is 14.8. The van der Waals surface area contributed by atoms with E-state index < -0.39 is 0 Å². The summed E-state index contributed by atoms with van der Waals surface area (Å²) in [5.74, 6) is 5.68. The molecule has 1 unspecified atom stereocenters. The summed E-state index contributed by atoms with van der Waals surface area (Å²) in [4.78, 5) is 4.29. The summed E-state index contributed by atoms with van der Waals surface area (Å²) in [6.07, 6.45) is 2.17. The van der Waals surface area contributed by atoms with Crippen LogP contribution in [-0.2, 0) is 13.0 Å². The second-order valence-corrected chi connectivity index (χ2v) is 6.24. The number of pyridine rings is 1. The van der Waals surface area contributed by atoms with Crippen LogP contribution in [0.15, 0.2) is 16.7 Å². The van der Waals surface area contributed by atoms with Crippen molar-refractivity contribution in [3.05, 3.63) is 43.9 Å². The third-order valence-corrected chi connectivity index (χ3v) is 4.76. The monoisotopic (exact) mass is 391 g/mol. The Balaban J connectivity index is 2.35. The lowest BCUT2D eigenvalue weighted by Crippen LogP contribution is -2.31. The summed E-state index contributed by atoms with van der Waals surface area (Å²) in [7, 11) is 0. The number of hydrogen-bond donors (Lipinski definition) is 2. The van der Waals surface area contributed by atoms with Gasteiger partial charge in [0.15, 0.2) is 0 Å². The predicted molar refractivity (Wildman–Crippen MR) is 88.4 cm³/mol. The van der Waals surface area contributed by atoms with Crippen LogP contribution in [0.5, 0.6) is 0 Å². The Morgan fingerprint density at radius 2 is 2.19 bits per heavy atom. The fraction of sp³-hybridized carbons (Fsp3) is 0.385. The molecule has 2 aromatic rings. The second kappa shape index (κ2) is 7.07. The van der Waals surface area contributed by atoms with Crippen LogP contribution in [0.4, 0.5) is 0 Å². The Morgan fingerprint density at radius 1 is 1.48 bits per heavy atom. The highest BCUT2D eigenvalue weighted by molar-refractivity contribution is 9.10. The van der Waals surface area contributed by atoms with E-state index in [0.717, 1.165) is 22.4 Å². The van der Waals surface area contributed by atoms with Crippen molar-refractivity contribution in [2.45, 2.75) is 32.9 Å². The van der Waals surface area contributed by atoms with Gasteiger partial charge in [0.1, 0.15) is 0 Å². The number of hydrazine groups is 1. The van der Waals surface area contributed by atoms with E-state index in [-0.39, 0.29) is 6.04 Å². The zero-order chi connectivity index (χ0) is 15.6. The number of rotatable bonds is 5. The topological polar surface area (TPSA) is 68.8 Å². The Hall–Kier alpha value is -0.660. The molecule has 2 aromatic heterocycles. The minimum Gasteiger partial charge on any atom is -0.271 e. The average molecular weight is 393 g/mol. The first kappa shape index (κ1) is 16.7. The number of nitrogens with one attached hydrogen (secondary N) is 1. The number of nitrogens with two attached hydrogens (primary N) is 1. The van der Waals surface area contributed by atoms with Crippen LogP contribution < -0.4 is 11.3 Å². The zero-order valence-electron chi connectivity index (χ0n) is 11.7. The summed E-state index contributed by atoms with van der Waals surface area (Å²) in [5.41, 5.74) is 5.42. The fourth-order valence-electron chi connectivity index (χ4n) is 2.17. The largest absolute Gasteiger partial charge is 0.271 e. The van der Waals surface area contributed by atoms with Crippen LogP contribution in [0.3, 0.4) is 0 Å². The highest BCUT2D eigenvalue weighted by Gasteiger charge is 2.21. The van der Waals surface area contributed by atoms with Crippen molar-refractivity contribution in [3.63, 3.8) is 0 Å². The Kier molecular flexibility index (Phi) is 5.62. The van der Waals surface area contributed by atoms with E-state index in [0.29, 0.717) is 22.2 Å². The quantitative estimate of drug-likeness (QED) is 0.604. The van der Waals surface area contributed by atoms with Gasteiger partial charge in [-0.1, -0.05) is 23.2 Å². The van der Waals surface area contributed by atoms with Gasteiger partial charge in [-0.15, -0.1) is 0 Å². The van der Waals surface area contributed by atoms with Crippen LogP contribution in [-0.4, -0.2) is 14.8 Å². The Bertz CT molecular complexity index is 644. The Morgan fingerprint density at radius 3 is 2.76 bits per heavy atom. The molecule has 0 aliphatic heterocycles. The van der Waals surface area contributed by atoms with Crippen molar-refractivity contribution < 1.29 is 0 Å². The molecule has 0 saturated carbocycles. The van der Waals surface area contributed by atoms with Gasteiger partial charge in [-0.05, 0) is 35.8 Å². The highest BCUT2D eigenvalue weighted by atomic mass is 79.9. The van der Waals surface area contributed by atoms with Crippen molar-refractivity contribution in [2.75, 3.05) is 0 Å². The van der Waals surface area contributed by atoms with Gasteiger partial charge in [0.05, 0.1) is 37.6 Å². The van der Waals surface area contributed by atoms with E-state index in [9.17, 15) is 0 Å². The molecule has 0 aromatic carbocycles. The fourth-order valence-corrected chi connectivity index (χ4v) is 3.13. The van der Waals surface area contributed by atoms with Crippen LogP contribution in [0.1, 0.15) is 30.0 Å². The van der Waals surface area contributed by atoms with Crippen LogP contribution >= 0.6 is 39.1 Å². The maximum absolute atomic E-state index is 6.21. The summed E-state index contributed by atoms with van der Waals surface area (Å²) in [6, 6.07) is 1.43. The Labute approximate surface area is 141 Å². The first-order valence-electron chi connectivity index (χ1n) is 6.46. The van der Waals surface area contributed by atoms with Crippen molar-refractivity contribution >= 4 is 39.1 Å². The number of nitrogens with zero attached hydrogens (tertiary/aromatic N) is 3. The molecule has 8 heteroatoms. The van der Waals surface area contributed by atoms with Gasteiger partial charge >= 0.3 is 0 Å². The minimum atomic E-state index is -0.229. The van der Waals surface area contributed by atoms with Gasteiger partial charge in [-0.2, -0.15) is 5.10 Å². The molecular weight excluding hydrogens is 377 g/mol. The molecule has 0 aliphatic carbocycles. The molecule has 0 amide bonds. The summed E-state index contributed by atoms with van der Waals surface area (Å²) in [5, 5.41) is 5.46. The van der Waals surface area contributed by atoms with E-state index in [1.54, 1.807) is 12.3 Å². The number of aryl methyl sites for hydroxylation is 2. The first-order valence-corrected chi connectivity index (χ1v) is 8.01. The van der Waals surface area contributed by atoms with Gasteiger partial charge in [0.2, 0.25) is 0 Å². The van der Waals surface area contributed by atoms with Crippen molar-refractivity contribution in [1.82, 2.24) is 20.2 Å². The number of halogens is 3. The highest BCUT2D eigenvalue weighted by Crippen LogP contribution is 2.29. The van der Waals surface area contributed by atoms with Gasteiger partial charge < -0.3 is 0 Å². The lowest BCUT2D eigenvalue weighted by molar-refractivity contribution is 0.506. The molecule has 0 spiro atoms. The van der Waals surface area contributed by atoms with Crippen LogP contribution in [0.25, 0.3) is 0 Å². The van der Waals surface area contributed by atoms with Crippen LogP contribution in [0.2, 0.25) is 10.0 Å². The van der Waals surface area contributed by atoms with Gasteiger partial charge in [-0.25, -0.2) is 0 Å². The molecule has 3 N–H and O–H groups in total. The van der Waals surface area contributed by atoms with E-state index in [2.05, 4.69) is 31.4 Å². The lowest BCUT2D eigenvalue weighted by atomic mass is 10.1. The molecule has 0 saturated heterocycles. The third kappa shape index (κ3) is 3.57. The average Bonchev–Trinajstić information content (AvgIpc) is 2.72. The lowest BCUT2D eigenvalue weighted by Gasteiger charge is -2.17. The van der Waals surface area contributed by atoms with Gasteiger partial charge in [-0.3, -0.25) is 20.9 Å². The van der Waals surface area contributed by atoms with E-state index in [1.165, 1.54) is 0 Å². The van der Waals surface area contributed by atoms with Crippen molar-refractivity contribution in [2.24, 2.45) is 5.84 Å². The molecule has 2 heterocycles. The summed E-state index contributed by atoms with van der Waals surface area (Å²) in [6.45, 7) is 4.78. The standard InChI is InChI=1S/C13H16BrCl2N5/c1-3-21-11(12(14)7(2)20-21)5-10(19-17)13-9(16)4-8(15)6-18-13/h4,6,10,19H,3,5,17H2,1-2H3. The molecule has 2 rings (SSSR count). The molecule has 0 radical (unpaired) electrons. The molecule has 5 nitrogen and oxygen atoms in total. The molecular formula is C13H16BrCl2N5. The minimum absolute atomic E-state index is 0.229. The SMILES string of the molecule is CCn1nc(C)c(Br)c1CC(NN)c1ncc(Cl)cc1Cl. The van der Waals surface area contributed by atoms with Gasteiger partial charge in [0, 0.05) is 19.2 Å². The smallest absolute Gasteiger partial charge is 0.0777 e. The molecule has 21 heavy (non-hydrogen) atoms. The molecule has 0 bridgehead atoms. The second-order valence-electron chi connectivity index (χ2n) is 4.61. The summed E-state index contributed by atoms with van der Waals surface area (Å²) < 4.78 is 2.92. The molecule has 0 aliphatic rings. The summed E-state index contributed by atoms with van der Waals surface area (Å²) >= 11 is 15.7.